The summed E-state index contributed by atoms with van der Waals surface area (Å²) in [6, 6.07) is 0.561. The maximum atomic E-state index is 5.75. The van der Waals surface area contributed by atoms with Gasteiger partial charge in [0, 0.05) is 36.4 Å². The lowest BCUT2D eigenvalue weighted by Crippen LogP contribution is -2.29. The zero-order valence-corrected chi connectivity index (χ0v) is 13.5. The van der Waals surface area contributed by atoms with Gasteiger partial charge >= 0.3 is 0 Å². The van der Waals surface area contributed by atoms with Crippen LogP contribution in [0.4, 0.5) is 0 Å². The van der Waals surface area contributed by atoms with Crippen molar-refractivity contribution >= 4 is 11.3 Å². The van der Waals surface area contributed by atoms with Gasteiger partial charge in [-0.3, -0.25) is 0 Å². The summed E-state index contributed by atoms with van der Waals surface area (Å²) in [5, 5.41) is 4.88. The molecule has 1 aromatic heterocycles. The van der Waals surface area contributed by atoms with Gasteiger partial charge in [0.05, 0.1) is 16.8 Å². The molecule has 3 rings (SSSR count). The Morgan fingerprint density at radius 3 is 3.00 bits per heavy atom. The highest BCUT2D eigenvalue weighted by molar-refractivity contribution is 7.11. The van der Waals surface area contributed by atoms with E-state index in [1.54, 1.807) is 4.88 Å². The van der Waals surface area contributed by atoms with Crippen LogP contribution < -0.4 is 5.32 Å². The summed E-state index contributed by atoms with van der Waals surface area (Å²) in [6.07, 6.45) is 7.72. The standard InChI is InChI=1S/C16H26N2OS/c1-11(2)17-10-12-5-3-7-14-16(12)18-15(20-14)9-13-6-4-8-19-13/h11-13,17H,3-10H2,1-2H3. The average Bonchev–Trinajstić information content (AvgIpc) is 3.05. The second-order valence-corrected chi connectivity index (χ2v) is 7.58. The maximum absolute atomic E-state index is 5.75. The summed E-state index contributed by atoms with van der Waals surface area (Å²) in [7, 11) is 0. The molecule has 1 N–H and O–H groups in total. The fourth-order valence-electron chi connectivity index (χ4n) is 3.22. The van der Waals surface area contributed by atoms with Crippen molar-refractivity contribution in [1.29, 1.82) is 0 Å². The molecule has 2 heterocycles. The Bertz CT molecular complexity index is 438. The Morgan fingerprint density at radius 2 is 2.25 bits per heavy atom. The molecule has 112 valence electrons. The molecular formula is C16H26N2OS. The lowest BCUT2D eigenvalue weighted by molar-refractivity contribution is 0.111. The van der Waals surface area contributed by atoms with Gasteiger partial charge in [0.15, 0.2) is 0 Å². The molecule has 2 unspecified atom stereocenters. The zero-order chi connectivity index (χ0) is 13.9. The number of thiazole rings is 1. The summed E-state index contributed by atoms with van der Waals surface area (Å²) in [4.78, 5) is 6.51. The molecule has 1 aromatic rings. The summed E-state index contributed by atoms with van der Waals surface area (Å²) < 4.78 is 5.75. The number of nitrogens with one attached hydrogen (secondary N) is 1. The average molecular weight is 294 g/mol. The molecule has 0 amide bonds. The molecule has 3 nitrogen and oxygen atoms in total. The molecular weight excluding hydrogens is 268 g/mol. The summed E-state index contributed by atoms with van der Waals surface area (Å²) in [5.41, 5.74) is 1.39. The fraction of sp³-hybridized carbons (Fsp3) is 0.812. The largest absolute Gasteiger partial charge is 0.378 e. The van der Waals surface area contributed by atoms with Crippen molar-refractivity contribution in [3.8, 4) is 0 Å². The number of nitrogens with zero attached hydrogens (tertiary/aromatic N) is 1. The van der Waals surface area contributed by atoms with Gasteiger partial charge in [-0.15, -0.1) is 11.3 Å². The Morgan fingerprint density at radius 1 is 1.35 bits per heavy atom. The van der Waals surface area contributed by atoms with Crippen molar-refractivity contribution in [2.24, 2.45) is 0 Å². The Hall–Kier alpha value is -0.450. The SMILES string of the molecule is CC(C)NCC1CCCc2sc(CC3CCCO3)nc21. The van der Waals surface area contributed by atoms with E-state index in [-0.39, 0.29) is 0 Å². The highest BCUT2D eigenvalue weighted by Gasteiger charge is 2.26. The number of hydrogen-bond donors (Lipinski definition) is 1. The number of ether oxygens (including phenoxy) is 1. The van der Waals surface area contributed by atoms with E-state index < -0.39 is 0 Å². The third kappa shape index (κ3) is 3.41. The van der Waals surface area contributed by atoms with Crippen molar-refractivity contribution in [2.45, 2.75) is 70.4 Å². The first-order valence-corrected chi connectivity index (χ1v) is 8.87. The van der Waals surface area contributed by atoms with Gasteiger partial charge in [-0.1, -0.05) is 13.8 Å². The molecule has 0 aromatic carbocycles. The fourth-order valence-corrected chi connectivity index (χ4v) is 4.48. The molecule has 0 bridgehead atoms. The van der Waals surface area contributed by atoms with E-state index in [2.05, 4.69) is 19.2 Å². The summed E-state index contributed by atoms with van der Waals surface area (Å²) in [5.74, 6) is 0.621. The highest BCUT2D eigenvalue weighted by atomic mass is 32.1. The van der Waals surface area contributed by atoms with Gasteiger partial charge in [-0.05, 0) is 32.1 Å². The normalized spacial score (nSPS) is 26.1. The Labute approximate surface area is 126 Å². The minimum atomic E-state index is 0.426. The van der Waals surface area contributed by atoms with Gasteiger partial charge < -0.3 is 10.1 Å². The topological polar surface area (TPSA) is 34.1 Å². The van der Waals surface area contributed by atoms with Gasteiger partial charge in [0.2, 0.25) is 0 Å². The predicted octanol–water partition coefficient (Wildman–Crippen LogP) is 3.28. The van der Waals surface area contributed by atoms with Crippen LogP contribution in [-0.2, 0) is 17.6 Å². The zero-order valence-electron chi connectivity index (χ0n) is 12.7. The lowest BCUT2D eigenvalue weighted by atomic mass is 9.91. The molecule has 2 aliphatic rings. The molecule has 0 saturated carbocycles. The van der Waals surface area contributed by atoms with E-state index in [1.807, 2.05) is 11.3 Å². The van der Waals surface area contributed by atoms with E-state index in [9.17, 15) is 0 Å². The maximum Gasteiger partial charge on any atom is 0.0957 e. The van der Waals surface area contributed by atoms with Gasteiger partial charge in [0.25, 0.3) is 0 Å². The van der Waals surface area contributed by atoms with Crippen LogP contribution in [0.25, 0.3) is 0 Å². The third-order valence-electron chi connectivity index (χ3n) is 4.31. The quantitative estimate of drug-likeness (QED) is 0.905. The first-order valence-electron chi connectivity index (χ1n) is 8.06. The van der Waals surface area contributed by atoms with E-state index >= 15 is 0 Å². The van der Waals surface area contributed by atoms with Crippen LogP contribution in [0.1, 0.15) is 61.0 Å². The van der Waals surface area contributed by atoms with E-state index in [0.717, 1.165) is 19.6 Å². The minimum absolute atomic E-state index is 0.426. The molecule has 1 aliphatic heterocycles. The number of rotatable bonds is 5. The van der Waals surface area contributed by atoms with E-state index in [4.69, 9.17) is 9.72 Å². The Balaban J connectivity index is 1.67. The Kier molecular flexibility index (Phi) is 4.74. The number of aromatic nitrogens is 1. The van der Waals surface area contributed by atoms with E-state index in [0.29, 0.717) is 18.1 Å². The van der Waals surface area contributed by atoms with E-state index in [1.165, 1.54) is 42.8 Å². The van der Waals surface area contributed by atoms with Gasteiger partial charge in [-0.2, -0.15) is 0 Å². The molecule has 0 radical (unpaired) electrons. The molecule has 4 heteroatoms. The summed E-state index contributed by atoms with van der Waals surface area (Å²) in [6.45, 7) is 6.45. The smallest absolute Gasteiger partial charge is 0.0957 e. The third-order valence-corrected chi connectivity index (χ3v) is 5.47. The predicted molar refractivity (Wildman–Crippen MR) is 83.6 cm³/mol. The number of hydrogen-bond acceptors (Lipinski definition) is 4. The van der Waals surface area contributed by atoms with Crippen LogP contribution in [0.5, 0.6) is 0 Å². The van der Waals surface area contributed by atoms with Crippen LogP contribution >= 0.6 is 11.3 Å². The first kappa shape index (κ1) is 14.5. The minimum Gasteiger partial charge on any atom is -0.378 e. The molecule has 20 heavy (non-hydrogen) atoms. The monoisotopic (exact) mass is 294 g/mol. The van der Waals surface area contributed by atoms with Crippen LogP contribution in [-0.4, -0.2) is 30.3 Å². The van der Waals surface area contributed by atoms with Crippen molar-refractivity contribution < 1.29 is 4.74 Å². The van der Waals surface area contributed by atoms with Crippen LogP contribution in [0.15, 0.2) is 0 Å². The van der Waals surface area contributed by atoms with Crippen molar-refractivity contribution in [3.63, 3.8) is 0 Å². The second kappa shape index (κ2) is 6.54. The van der Waals surface area contributed by atoms with Crippen LogP contribution in [0.3, 0.4) is 0 Å². The lowest BCUT2D eigenvalue weighted by Gasteiger charge is -2.22. The van der Waals surface area contributed by atoms with Crippen LogP contribution in [0.2, 0.25) is 0 Å². The van der Waals surface area contributed by atoms with Gasteiger partial charge in [-0.25, -0.2) is 4.98 Å². The number of fused-ring (bicyclic) bond motifs is 1. The second-order valence-electron chi connectivity index (χ2n) is 6.41. The first-order chi connectivity index (χ1) is 9.72. The van der Waals surface area contributed by atoms with Crippen molar-refractivity contribution in [2.75, 3.05) is 13.2 Å². The molecule has 1 saturated heterocycles. The van der Waals surface area contributed by atoms with Gasteiger partial charge in [0.1, 0.15) is 0 Å². The van der Waals surface area contributed by atoms with Crippen molar-refractivity contribution in [1.82, 2.24) is 10.3 Å². The molecule has 1 aliphatic carbocycles. The highest BCUT2D eigenvalue weighted by Crippen LogP contribution is 2.35. The number of aryl methyl sites for hydroxylation is 1. The molecule has 2 atom stereocenters. The van der Waals surface area contributed by atoms with Crippen molar-refractivity contribution in [3.05, 3.63) is 15.6 Å². The van der Waals surface area contributed by atoms with Crippen LogP contribution in [0, 0.1) is 0 Å². The summed E-state index contributed by atoms with van der Waals surface area (Å²) >= 11 is 1.94. The molecule has 0 spiro atoms. The molecule has 1 fully saturated rings.